The van der Waals surface area contributed by atoms with E-state index in [1.54, 1.807) is 6.20 Å². The minimum absolute atomic E-state index is 0.117. The number of anilines is 1. The van der Waals surface area contributed by atoms with Crippen molar-refractivity contribution in [3.8, 4) is 0 Å². The van der Waals surface area contributed by atoms with Gasteiger partial charge in [-0.3, -0.25) is 5.10 Å². The van der Waals surface area contributed by atoms with Crippen LogP contribution in [0.5, 0.6) is 0 Å². The Kier molecular flexibility index (Phi) is 1.75. The predicted molar refractivity (Wildman–Crippen MR) is 55.1 cm³/mol. The topological polar surface area (TPSA) is 84.5 Å². The van der Waals surface area contributed by atoms with Crippen LogP contribution in [0.3, 0.4) is 0 Å². The van der Waals surface area contributed by atoms with Crippen molar-refractivity contribution in [3.63, 3.8) is 0 Å². The number of rotatable bonds is 1. The van der Waals surface area contributed by atoms with Crippen LogP contribution in [0.15, 0.2) is 18.5 Å². The summed E-state index contributed by atoms with van der Waals surface area (Å²) in [5.41, 5.74) is 7.90. The van der Waals surface area contributed by atoms with Gasteiger partial charge in [-0.15, -0.1) is 0 Å². The Labute approximate surface area is 86.5 Å². The third-order valence-corrected chi connectivity index (χ3v) is 2.73. The summed E-state index contributed by atoms with van der Waals surface area (Å²) in [5.74, 6) is 0.580. The van der Waals surface area contributed by atoms with E-state index in [0.717, 1.165) is 24.5 Å². The normalized spacial score (nSPS) is 20.1. The second-order valence-electron chi connectivity index (χ2n) is 3.59. The maximum Gasteiger partial charge on any atom is 0.200 e. The molecule has 78 valence electrons. The largest absolute Gasteiger partial charge is 0.369 e. The van der Waals surface area contributed by atoms with Gasteiger partial charge in [0.2, 0.25) is 0 Å². The first-order valence-electron chi connectivity index (χ1n) is 4.90. The molecule has 4 N–H and O–H groups in total. The third-order valence-electron chi connectivity index (χ3n) is 2.73. The Balaban J connectivity index is 2.07. The van der Waals surface area contributed by atoms with Gasteiger partial charge < -0.3 is 15.6 Å². The van der Waals surface area contributed by atoms with Crippen LogP contribution in [0.25, 0.3) is 0 Å². The molecule has 6 heteroatoms. The number of H-pyrrole nitrogens is 1. The minimum atomic E-state index is 0.117. The Morgan fingerprint density at radius 2 is 2.47 bits per heavy atom. The Morgan fingerprint density at radius 3 is 3.27 bits per heavy atom. The van der Waals surface area contributed by atoms with E-state index in [-0.39, 0.29) is 6.04 Å². The highest BCUT2D eigenvalue weighted by Crippen LogP contribution is 2.24. The summed E-state index contributed by atoms with van der Waals surface area (Å²) in [5, 5.41) is 10.3. The van der Waals surface area contributed by atoms with Gasteiger partial charge in [0.25, 0.3) is 0 Å². The number of nitrogens with zero attached hydrogens (tertiary/aromatic N) is 3. The maximum absolute atomic E-state index is 5.78. The van der Waals surface area contributed by atoms with Crippen molar-refractivity contribution >= 4 is 5.95 Å². The molecule has 15 heavy (non-hydrogen) atoms. The van der Waals surface area contributed by atoms with Crippen LogP contribution < -0.4 is 11.1 Å². The van der Waals surface area contributed by atoms with Crippen LogP contribution in [0.2, 0.25) is 0 Å². The Hall–Kier alpha value is -1.82. The molecule has 0 saturated carbocycles. The molecule has 0 spiro atoms. The van der Waals surface area contributed by atoms with E-state index in [4.69, 9.17) is 5.73 Å². The molecule has 3 rings (SSSR count). The van der Waals surface area contributed by atoms with E-state index >= 15 is 0 Å². The van der Waals surface area contributed by atoms with Crippen molar-refractivity contribution in [1.29, 1.82) is 0 Å². The van der Waals surface area contributed by atoms with Gasteiger partial charge in [0.05, 0.1) is 23.6 Å². The van der Waals surface area contributed by atoms with Gasteiger partial charge in [-0.1, -0.05) is 0 Å². The fourth-order valence-electron chi connectivity index (χ4n) is 2.00. The summed E-state index contributed by atoms with van der Waals surface area (Å²) < 4.78 is 2.03. The molecule has 2 aromatic rings. The molecule has 0 amide bonds. The first-order valence-corrected chi connectivity index (χ1v) is 4.90. The molecule has 0 bridgehead atoms. The van der Waals surface area contributed by atoms with Crippen molar-refractivity contribution in [2.75, 3.05) is 12.3 Å². The van der Waals surface area contributed by atoms with E-state index in [1.165, 1.54) is 0 Å². The molecule has 0 saturated heterocycles. The van der Waals surface area contributed by atoms with Gasteiger partial charge in [0.1, 0.15) is 0 Å². The zero-order valence-corrected chi connectivity index (χ0v) is 8.14. The summed E-state index contributed by atoms with van der Waals surface area (Å²) >= 11 is 0. The predicted octanol–water partition coefficient (Wildman–Crippen LogP) is -0.119. The molecule has 3 heterocycles. The number of nitrogens with one attached hydrogen (secondary N) is 2. The second-order valence-corrected chi connectivity index (χ2v) is 3.59. The molecule has 1 aliphatic rings. The van der Waals surface area contributed by atoms with Crippen LogP contribution in [-0.4, -0.2) is 26.3 Å². The van der Waals surface area contributed by atoms with Gasteiger partial charge in [-0.2, -0.15) is 5.10 Å². The van der Waals surface area contributed by atoms with Crippen LogP contribution in [0, 0.1) is 0 Å². The average molecular weight is 204 g/mol. The monoisotopic (exact) mass is 204 g/mol. The molecule has 1 atom stereocenters. The fraction of sp³-hybridized carbons (Fsp3) is 0.333. The molecule has 2 aromatic heterocycles. The lowest BCUT2D eigenvalue weighted by atomic mass is 10.1. The SMILES string of the molecule is Nc1ncc2n1CCNC2c1ccn[nH]1. The standard InChI is InChI=1S/C9H12N6/c10-9-12-5-7-8(6-1-2-13-14-6)11-3-4-15(7)9/h1-2,5,8,11H,3-4H2,(H2,10,12)(H,13,14). The van der Waals surface area contributed by atoms with Crippen molar-refractivity contribution in [1.82, 2.24) is 25.1 Å². The van der Waals surface area contributed by atoms with Crippen LogP contribution in [-0.2, 0) is 6.54 Å². The zero-order valence-electron chi connectivity index (χ0n) is 8.14. The van der Waals surface area contributed by atoms with E-state index in [1.807, 2.05) is 16.8 Å². The molecule has 0 aliphatic carbocycles. The van der Waals surface area contributed by atoms with Gasteiger partial charge in [0.15, 0.2) is 5.95 Å². The number of nitrogens with two attached hydrogens (primary N) is 1. The Morgan fingerprint density at radius 1 is 1.53 bits per heavy atom. The van der Waals surface area contributed by atoms with Crippen molar-refractivity contribution < 1.29 is 0 Å². The summed E-state index contributed by atoms with van der Waals surface area (Å²) in [7, 11) is 0. The van der Waals surface area contributed by atoms with Crippen LogP contribution >= 0.6 is 0 Å². The summed E-state index contributed by atoms with van der Waals surface area (Å²) in [6, 6.07) is 2.07. The molecule has 1 aliphatic heterocycles. The van der Waals surface area contributed by atoms with Crippen LogP contribution in [0.1, 0.15) is 17.4 Å². The Bertz CT molecular complexity index is 457. The zero-order chi connectivity index (χ0) is 10.3. The maximum atomic E-state index is 5.78. The highest BCUT2D eigenvalue weighted by Gasteiger charge is 2.24. The van der Waals surface area contributed by atoms with Crippen molar-refractivity contribution in [2.24, 2.45) is 0 Å². The van der Waals surface area contributed by atoms with Gasteiger partial charge in [-0.25, -0.2) is 4.98 Å². The number of nitrogen functional groups attached to an aromatic ring is 1. The van der Waals surface area contributed by atoms with Crippen molar-refractivity contribution in [2.45, 2.75) is 12.6 Å². The molecule has 0 fully saturated rings. The average Bonchev–Trinajstić information content (AvgIpc) is 2.88. The highest BCUT2D eigenvalue weighted by atomic mass is 15.2. The molecule has 0 aromatic carbocycles. The molecule has 6 nitrogen and oxygen atoms in total. The summed E-state index contributed by atoms with van der Waals surface area (Å²) in [6.45, 7) is 1.75. The van der Waals surface area contributed by atoms with Gasteiger partial charge in [-0.05, 0) is 6.07 Å². The smallest absolute Gasteiger partial charge is 0.200 e. The van der Waals surface area contributed by atoms with Crippen molar-refractivity contribution in [3.05, 3.63) is 29.8 Å². The third kappa shape index (κ3) is 1.22. The first kappa shape index (κ1) is 8.49. The van der Waals surface area contributed by atoms with E-state index in [9.17, 15) is 0 Å². The van der Waals surface area contributed by atoms with E-state index < -0.39 is 0 Å². The lowest BCUT2D eigenvalue weighted by molar-refractivity contribution is 0.464. The summed E-state index contributed by atoms with van der Waals surface area (Å²) in [6.07, 6.45) is 3.56. The fourth-order valence-corrected chi connectivity index (χ4v) is 2.00. The molecular formula is C9H12N6. The number of aromatic nitrogens is 4. The number of fused-ring (bicyclic) bond motifs is 1. The minimum Gasteiger partial charge on any atom is -0.369 e. The second kappa shape index (κ2) is 3.09. The van der Waals surface area contributed by atoms with E-state index in [0.29, 0.717) is 5.95 Å². The number of imidazole rings is 1. The van der Waals surface area contributed by atoms with Crippen LogP contribution in [0.4, 0.5) is 5.95 Å². The van der Waals surface area contributed by atoms with E-state index in [2.05, 4.69) is 20.5 Å². The molecule has 1 unspecified atom stereocenters. The summed E-state index contributed by atoms with van der Waals surface area (Å²) in [4.78, 5) is 4.12. The highest BCUT2D eigenvalue weighted by molar-refractivity contribution is 5.30. The number of hydrogen-bond acceptors (Lipinski definition) is 4. The van der Waals surface area contributed by atoms with Gasteiger partial charge >= 0.3 is 0 Å². The molecule has 0 radical (unpaired) electrons. The number of hydrogen-bond donors (Lipinski definition) is 3. The number of aromatic amines is 1. The lowest BCUT2D eigenvalue weighted by Gasteiger charge is -2.25. The van der Waals surface area contributed by atoms with Gasteiger partial charge in [0, 0.05) is 19.3 Å². The molecular weight excluding hydrogens is 192 g/mol. The first-order chi connectivity index (χ1) is 7.36. The quantitative estimate of drug-likeness (QED) is 0.604. The lowest BCUT2D eigenvalue weighted by Crippen LogP contribution is -2.34.